The fourth-order valence-corrected chi connectivity index (χ4v) is 4.34. The van der Waals surface area contributed by atoms with E-state index < -0.39 is 18.0 Å². The van der Waals surface area contributed by atoms with Gasteiger partial charge in [-0.05, 0) is 53.5 Å². The van der Waals surface area contributed by atoms with Crippen molar-refractivity contribution in [3.05, 3.63) is 30.1 Å². The van der Waals surface area contributed by atoms with Crippen molar-refractivity contribution in [1.82, 2.24) is 25.1 Å². The number of carboxylic acids is 1. The van der Waals surface area contributed by atoms with E-state index in [4.69, 9.17) is 0 Å². The molecule has 0 amide bonds. The molecule has 1 aliphatic carbocycles. The highest BCUT2D eigenvalue weighted by Gasteiger charge is 2.54. The molecule has 1 saturated carbocycles. The second kappa shape index (κ2) is 6.84. The smallest absolute Gasteiger partial charge is 0.387 e. The normalized spacial score (nSPS) is 25.1. The second-order valence-electron chi connectivity index (χ2n) is 7.10. The van der Waals surface area contributed by atoms with Crippen LogP contribution in [0.5, 0.6) is 5.75 Å². The van der Waals surface area contributed by atoms with Gasteiger partial charge < -0.3 is 9.84 Å². The summed E-state index contributed by atoms with van der Waals surface area (Å²) in [6.45, 7) is -1.26. The fraction of sp³-hybridized carbons (Fsp3) is 0.529. The van der Waals surface area contributed by atoms with Crippen molar-refractivity contribution in [2.75, 3.05) is 13.1 Å². The topological polar surface area (TPSA) is 93.4 Å². The van der Waals surface area contributed by atoms with Gasteiger partial charge in [0.1, 0.15) is 5.75 Å². The number of hydrogen-bond acceptors (Lipinski definition) is 6. The molecule has 2 atom stereocenters. The predicted molar refractivity (Wildman–Crippen MR) is 88.5 cm³/mol. The zero-order valence-electron chi connectivity index (χ0n) is 14.5. The van der Waals surface area contributed by atoms with Crippen molar-refractivity contribution in [3.63, 3.8) is 0 Å². The summed E-state index contributed by atoms with van der Waals surface area (Å²) >= 11 is 0. The highest BCUT2D eigenvalue weighted by molar-refractivity contribution is 5.76. The highest BCUT2D eigenvalue weighted by atomic mass is 19.3. The fourth-order valence-electron chi connectivity index (χ4n) is 4.34. The lowest BCUT2D eigenvalue weighted by Gasteiger charge is -2.23. The van der Waals surface area contributed by atoms with Crippen molar-refractivity contribution in [1.29, 1.82) is 0 Å². The minimum atomic E-state index is -2.88. The monoisotopic (exact) mass is 379 g/mol. The first-order valence-electron chi connectivity index (χ1n) is 8.76. The molecule has 144 valence electrons. The third kappa shape index (κ3) is 3.25. The van der Waals surface area contributed by atoms with Crippen LogP contribution in [0.3, 0.4) is 0 Å². The number of nitrogens with zero attached hydrogens (tertiary/aromatic N) is 5. The van der Waals surface area contributed by atoms with E-state index in [2.05, 4.69) is 25.2 Å². The highest BCUT2D eigenvalue weighted by Crippen LogP contribution is 2.49. The van der Waals surface area contributed by atoms with Gasteiger partial charge in [-0.3, -0.25) is 9.69 Å². The number of rotatable bonds is 6. The van der Waals surface area contributed by atoms with Crippen molar-refractivity contribution in [3.8, 4) is 11.4 Å². The maximum atomic E-state index is 12.3. The minimum Gasteiger partial charge on any atom is -0.481 e. The quantitative estimate of drug-likeness (QED) is 0.820. The molecule has 2 aliphatic rings. The van der Waals surface area contributed by atoms with Gasteiger partial charge in [-0.1, -0.05) is 6.42 Å². The van der Waals surface area contributed by atoms with E-state index in [1.807, 2.05) is 0 Å². The summed E-state index contributed by atoms with van der Waals surface area (Å²) in [4.78, 5) is 13.9. The van der Waals surface area contributed by atoms with E-state index in [9.17, 15) is 18.7 Å². The third-order valence-electron chi connectivity index (χ3n) is 5.57. The van der Waals surface area contributed by atoms with Crippen LogP contribution in [0.2, 0.25) is 0 Å². The maximum absolute atomic E-state index is 12.3. The van der Waals surface area contributed by atoms with Crippen LogP contribution in [0.4, 0.5) is 8.78 Å². The van der Waals surface area contributed by atoms with Crippen molar-refractivity contribution >= 4 is 5.97 Å². The summed E-state index contributed by atoms with van der Waals surface area (Å²) in [6, 6.07) is 6.03. The predicted octanol–water partition coefficient (Wildman–Crippen LogP) is 1.95. The summed E-state index contributed by atoms with van der Waals surface area (Å²) in [5.74, 6) is 0.0593. The Hall–Kier alpha value is -2.62. The van der Waals surface area contributed by atoms with Gasteiger partial charge >= 0.3 is 12.6 Å². The summed E-state index contributed by atoms with van der Waals surface area (Å²) in [5, 5.41) is 21.4. The van der Waals surface area contributed by atoms with Gasteiger partial charge in [0.05, 0.1) is 17.6 Å². The molecule has 27 heavy (non-hydrogen) atoms. The number of aromatic nitrogens is 4. The molecular weight excluding hydrogens is 360 g/mol. The van der Waals surface area contributed by atoms with E-state index in [-0.39, 0.29) is 11.7 Å². The Kier molecular flexibility index (Phi) is 4.50. The first-order valence-corrected chi connectivity index (χ1v) is 8.76. The van der Waals surface area contributed by atoms with Gasteiger partial charge in [-0.25, -0.2) is 0 Å². The lowest BCUT2D eigenvalue weighted by molar-refractivity contribution is -0.149. The number of alkyl halides is 2. The number of hydrogen-bond donors (Lipinski definition) is 1. The molecule has 0 bridgehead atoms. The number of carbonyl (C=O) groups is 1. The molecule has 1 saturated heterocycles. The molecule has 0 radical (unpaired) electrons. The molecule has 1 N–H and O–H groups in total. The Labute approximate surface area is 153 Å². The van der Waals surface area contributed by atoms with Crippen LogP contribution in [0.15, 0.2) is 24.3 Å². The van der Waals surface area contributed by atoms with Crippen LogP contribution in [0.1, 0.15) is 25.1 Å². The maximum Gasteiger partial charge on any atom is 0.387 e. The van der Waals surface area contributed by atoms with Gasteiger partial charge in [0.15, 0.2) is 5.82 Å². The summed E-state index contributed by atoms with van der Waals surface area (Å²) in [7, 11) is 0. The Balaban J connectivity index is 1.49. The van der Waals surface area contributed by atoms with E-state index >= 15 is 0 Å². The Morgan fingerprint density at radius 2 is 2.15 bits per heavy atom. The first-order chi connectivity index (χ1) is 13.0. The molecule has 1 aromatic carbocycles. The summed E-state index contributed by atoms with van der Waals surface area (Å²) < 4.78 is 30.4. The lowest BCUT2D eigenvalue weighted by Crippen LogP contribution is -2.35. The van der Waals surface area contributed by atoms with E-state index in [1.54, 1.807) is 12.1 Å². The molecule has 8 nitrogen and oxygen atoms in total. The molecule has 2 heterocycles. The van der Waals surface area contributed by atoms with Gasteiger partial charge in [-0.2, -0.15) is 13.5 Å². The van der Waals surface area contributed by atoms with Crippen molar-refractivity contribution < 1.29 is 23.4 Å². The van der Waals surface area contributed by atoms with E-state index in [0.29, 0.717) is 37.6 Å². The SMILES string of the molecule is O=C(O)[C@@]12CCC[C@H]1CN(Cc1nnnn1-c1ccc(OC(F)F)cc1)C2. The van der Waals surface area contributed by atoms with Crippen molar-refractivity contribution in [2.24, 2.45) is 11.3 Å². The molecule has 0 unspecified atom stereocenters. The lowest BCUT2D eigenvalue weighted by atomic mass is 9.81. The summed E-state index contributed by atoms with van der Waals surface area (Å²) in [6.07, 6.45) is 2.59. The van der Waals surface area contributed by atoms with Crippen LogP contribution in [-0.4, -0.2) is 55.9 Å². The third-order valence-corrected chi connectivity index (χ3v) is 5.57. The average Bonchev–Trinajstić information content (AvgIpc) is 3.30. The molecule has 10 heteroatoms. The molecule has 1 aromatic heterocycles. The Morgan fingerprint density at radius 1 is 1.37 bits per heavy atom. The molecule has 2 fully saturated rings. The number of tetrazole rings is 1. The zero-order valence-corrected chi connectivity index (χ0v) is 14.5. The van der Waals surface area contributed by atoms with Gasteiger partial charge in [0.2, 0.25) is 0 Å². The number of ether oxygens (including phenoxy) is 1. The first kappa shape index (κ1) is 17.8. The number of benzene rings is 1. The van der Waals surface area contributed by atoms with E-state index in [0.717, 1.165) is 12.8 Å². The molecule has 2 aromatic rings. The van der Waals surface area contributed by atoms with Crippen LogP contribution < -0.4 is 4.74 Å². The zero-order chi connectivity index (χ0) is 19.0. The number of fused-ring (bicyclic) bond motifs is 1. The van der Waals surface area contributed by atoms with Crippen molar-refractivity contribution in [2.45, 2.75) is 32.4 Å². The molecule has 4 rings (SSSR count). The van der Waals surface area contributed by atoms with Gasteiger partial charge in [0, 0.05) is 13.1 Å². The van der Waals surface area contributed by atoms with Gasteiger partial charge in [0.25, 0.3) is 0 Å². The summed E-state index contributed by atoms with van der Waals surface area (Å²) in [5.41, 5.74) is -0.0454. The Morgan fingerprint density at radius 3 is 2.81 bits per heavy atom. The number of likely N-dealkylation sites (tertiary alicyclic amines) is 1. The number of halogens is 2. The Bertz CT molecular complexity index is 828. The number of carboxylic acid groups (broad SMARTS) is 1. The van der Waals surface area contributed by atoms with Crippen LogP contribution >= 0.6 is 0 Å². The average molecular weight is 379 g/mol. The number of aliphatic carboxylic acids is 1. The standard InChI is InChI=1S/C17H19F2N5O3/c18-16(19)27-13-5-3-12(4-6-13)24-14(20-21-22-24)9-23-8-11-2-1-7-17(11,10-23)15(25)26/h3-6,11,16H,1-2,7-10H2,(H,25,26)/t11-,17+/m0/s1. The van der Waals surface area contributed by atoms with Crippen LogP contribution in [0, 0.1) is 11.3 Å². The van der Waals surface area contributed by atoms with Crippen LogP contribution in [0.25, 0.3) is 5.69 Å². The van der Waals surface area contributed by atoms with E-state index in [1.165, 1.54) is 16.8 Å². The van der Waals surface area contributed by atoms with Gasteiger partial charge in [-0.15, -0.1) is 5.10 Å². The second-order valence-corrected chi connectivity index (χ2v) is 7.10. The largest absolute Gasteiger partial charge is 0.481 e. The molecule has 0 spiro atoms. The van der Waals surface area contributed by atoms with Crippen LogP contribution in [-0.2, 0) is 11.3 Å². The molecule has 1 aliphatic heterocycles. The molecular formula is C17H19F2N5O3. The minimum absolute atomic E-state index is 0.0548.